The van der Waals surface area contributed by atoms with E-state index in [2.05, 4.69) is 6.58 Å². The first kappa shape index (κ1) is 35.0. The Bertz CT molecular complexity index is 2150. The first-order valence-electron chi connectivity index (χ1n) is 18.1. The highest BCUT2D eigenvalue weighted by atomic mass is 28.4. The third-order valence-electron chi connectivity index (χ3n) is 11.4. The summed E-state index contributed by atoms with van der Waals surface area (Å²) in [6.07, 6.45) is 1.08. The van der Waals surface area contributed by atoms with Gasteiger partial charge in [0.1, 0.15) is 5.75 Å². The summed E-state index contributed by atoms with van der Waals surface area (Å²) in [6, 6.07) is 27.1. The molecule has 11 heteroatoms. The number of ether oxygens (including phenoxy) is 2. The Kier molecular flexibility index (Phi) is 8.63. The fourth-order valence-corrected chi connectivity index (χ4v) is 11.6. The zero-order valence-corrected chi connectivity index (χ0v) is 31.0. The molecular formula is C42H42FN3O6Si. The van der Waals surface area contributed by atoms with Gasteiger partial charge in [0.05, 0.1) is 42.1 Å². The molecule has 0 bridgehead atoms. The minimum atomic E-state index is -3.60. The number of rotatable bonds is 7. The highest BCUT2D eigenvalue weighted by Crippen LogP contribution is 2.61. The second kappa shape index (κ2) is 13.1. The summed E-state index contributed by atoms with van der Waals surface area (Å²) in [6.45, 7) is 9.24. The molecule has 1 N–H and O–H groups in total. The van der Waals surface area contributed by atoms with Gasteiger partial charge in [-0.1, -0.05) is 61.5 Å². The number of fused-ring (bicyclic) bond motifs is 5. The molecule has 4 aliphatic heterocycles. The number of anilines is 3. The lowest BCUT2D eigenvalue weighted by atomic mass is 9.82. The second-order valence-electron chi connectivity index (χ2n) is 14.9. The SMILES string of the molecule is C=CCN1C(=O)[C@]2(O[C@H](CC(=O)N3Cc4ccccc4C[C@H]3CO)[C@@H]([Si](C)(C)F)[C@@H]2C)c2cc(N3C(=O)c4ccccc4Oc4ccccc43)ccc21. The molecule has 4 aromatic carbocycles. The Morgan fingerprint density at radius 3 is 2.42 bits per heavy atom. The maximum atomic E-state index is 16.7. The minimum absolute atomic E-state index is 0.147. The number of hydrogen-bond donors (Lipinski definition) is 1. The average molecular weight is 732 g/mol. The van der Waals surface area contributed by atoms with Crippen LogP contribution in [-0.2, 0) is 32.9 Å². The van der Waals surface area contributed by atoms with Crippen LogP contribution in [0, 0.1) is 5.92 Å². The van der Waals surface area contributed by atoms with Crippen molar-refractivity contribution in [2.24, 2.45) is 5.92 Å². The number of nitrogens with zero attached hydrogens (tertiary/aromatic N) is 3. The van der Waals surface area contributed by atoms with E-state index in [-0.39, 0.29) is 37.3 Å². The summed E-state index contributed by atoms with van der Waals surface area (Å²) in [5.74, 6) is -0.671. The van der Waals surface area contributed by atoms with Gasteiger partial charge in [0.25, 0.3) is 11.8 Å². The highest BCUT2D eigenvalue weighted by Gasteiger charge is 2.67. The Hall–Kier alpha value is -5.10. The highest BCUT2D eigenvalue weighted by molar-refractivity contribution is 6.72. The number of aliphatic hydroxyl groups excluding tert-OH is 1. The number of halogens is 1. The summed E-state index contributed by atoms with van der Waals surface area (Å²) in [5, 5.41) is 10.3. The van der Waals surface area contributed by atoms with Crippen LogP contribution < -0.4 is 14.5 Å². The zero-order valence-electron chi connectivity index (χ0n) is 30.0. The summed E-state index contributed by atoms with van der Waals surface area (Å²) in [5.41, 5.74) is 2.21. The van der Waals surface area contributed by atoms with Gasteiger partial charge in [-0.05, 0) is 73.1 Å². The molecule has 8 rings (SSSR count). The third-order valence-corrected chi connectivity index (χ3v) is 13.9. The van der Waals surface area contributed by atoms with Crippen LogP contribution in [0.25, 0.3) is 0 Å². The molecule has 0 aliphatic carbocycles. The summed E-state index contributed by atoms with van der Waals surface area (Å²) < 4.78 is 29.8. The largest absolute Gasteiger partial charge is 0.454 e. The fourth-order valence-electron chi connectivity index (χ4n) is 9.08. The lowest BCUT2D eigenvalue weighted by Gasteiger charge is -2.37. The van der Waals surface area contributed by atoms with Crippen molar-refractivity contribution in [3.8, 4) is 11.5 Å². The fraction of sp³-hybridized carbons (Fsp3) is 0.310. The van der Waals surface area contributed by atoms with Gasteiger partial charge < -0.3 is 28.5 Å². The predicted octanol–water partition coefficient (Wildman–Crippen LogP) is 7.41. The molecule has 5 atom stereocenters. The predicted molar refractivity (Wildman–Crippen MR) is 203 cm³/mol. The maximum absolute atomic E-state index is 16.7. The van der Waals surface area contributed by atoms with E-state index in [1.807, 2.05) is 49.4 Å². The molecule has 0 aromatic heterocycles. The van der Waals surface area contributed by atoms with Crippen molar-refractivity contribution < 1.29 is 33.1 Å². The Labute approximate surface area is 309 Å². The maximum Gasteiger partial charge on any atom is 0.266 e. The zero-order chi connectivity index (χ0) is 37.2. The molecule has 1 spiro atoms. The topological polar surface area (TPSA) is 99.6 Å². The molecule has 4 heterocycles. The molecule has 0 unspecified atom stereocenters. The van der Waals surface area contributed by atoms with E-state index >= 15 is 4.11 Å². The number of para-hydroxylation sites is 3. The van der Waals surface area contributed by atoms with Crippen LogP contribution in [0.1, 0.15) is 40.4 Å². The van der Waals surface area contributed by atoms with Gasteiger partial charge in [-0.3, -0.25) is 19.3 Å². The van der Waals surface area contributed by atoms with E-state index in [0.717, 1.165) is 11.1 Å². The first-order chi connectivity index (χ1) is 25.5. The van der Waals surface area contributed by atoms with Crippen molar-refractivity contribution in [3.05, 3.63) is 126 Å². The molecule has 4 aromatic rings. The third kappa shape index (κ3) is 5.52. The van der Waals surface area contributed by atoms with Crippen molar-refractivity contribution in [3.63, 3.8) is 0 Å². The van der Waals surface area contributed by atoms with Crippen LogP contribution in [0.15, 0.2) is 104 Å². The molecule has 0 saturated carbocycles. The summed E-state index contributed by atoms with van der Waals surface area (Å²) in [7, 11) is -3.60. The molecule has 9 nitrogen and oxygen atoms in total. The van der Waals surface area contributed by atoms with Gasteiger partial charge in [0.15, 0.2) is 11.4 Å². The minimum Gasteiger partial charge on any atom is -0.454 e. The summed E-state index contributed by atoms with van der Waals surface area (Å²) >= 11 is 0. The molecule has 1 saturated heterocycles. The van der Waals surface area contributed by atoms with Crippen molar-refractivity contribution >= 4 is 43.2 Å². The standard InChI is InChI=1S/C42H42FN3O6Si/c1-5-20-44-33-19-18-29(46-34-15-9-11-17-36(34)51-35-16-10-8-14-31(35)40(46)49)22-32(33)42(41(44)50)26(2)39(53(3,4)43)37(52-42)23-38(48)45-24-28-13-7-6-12-27(28)21-30(45)25-47/h5-19,22,26,30,37,39,47H,1,20-21,23-25H2,2-4H3/t26-,30-,37+,39-,42+/m0/s1. The van der Waals surface area contributed by atoms with Gasteiger partial charge in [-0.2, -0.15) is 0 Å². The Balaban J connectivity index is 1.22. The van der Waals surface area contributed by atoms with Crippen LogP contribution in [0.2, 0.25) is 18.6 Å². The number of hydrogen-bond acceptors (Lipinski definition) is 6. The lowest BCUT2D eigenvalue weighted by Crippen LogP contribution is -2.48. The Morgan fingerprint density at radius 1 is 0.981 bits per heavy atom. The van der Waals surface area contributed by atoms with Gasteiger partial charge in [0.2, 0.25) is 14.3 Å². The average Bonchev–Trinajstić information content (AvgIpc) is 3.52. The van der Waals surface area contributed by atoms with E-state index in [4.69, 9.17) is 9.47 Å². The smallest absolute Gasteiger partial charge is 0.266 e. The summed E-state index contributed by atoms with van der Waals surface area (Å²) in [4.78, 5) is 48.2. The van der Waals surface area contributed by atoms with Gasteiger partial charge in [-0.15, -0.1) is 6.58 Å². The van der Waals surface area contributed by atoms with Crippen molar-refractivity contribution in [1.82, 2.24) is 4.90 Å². The lowest BCUT2D eigenvalue weighted by molar-refractivity contribution is -0.150. The molecule has 272 valence electrons. The number of carbonyl (C=O) groups is 3. The van der Waals surface area contributed by atoms with Crippen LogP contribution in [0.5, 0.6) is 11.5 Å². The van der Waals surface area contributed by atoms with Gasteiger partial charge in [-0.25, -0.2) is 0 Å². The molecule has 3 amide bonds. The van der Waals surface area contributed by atoms with Crippen LogP contribution in [0.3, 0.4) is 0 Å². The normalized spacial score (nSPS) is 24.7. The van der Waals surface area contributed by atoms with Gasteiger partial charge in [0, 0.05) is 35.8 Å². The molecule has 4 aliphatic rings. The molecule has 53 heavy (non-hydrogen) atoms. The first-order valence-corrected chi connectivity index (χ1v) is 21.0. The Morgan fingerprint density at radius 2 is 1.68 bits per heavy atom. The van der Waals surface area contributed by atoms with Crippen molar-refractivity contribution in [2.45, 2.75) is 62.7 Å². The van der Waals surface area contributed by atoms with Crippen LogP contribution in [-0.4, -0.2) is 61.4 Å². The van der Waals surface area contributed by atoms with Crippen molar-refractivity contribution in [1.29, 1.82) is 0 Å². The quantitative estimate of drug-likeness (QED) is 0.121. The number of carbonyl (C=O) groups excluding carboxylic acids is 3. The van der Waals surface area contributed by atoms with Crippen LogP contribution >= 0.6 is 0 Å². The van der Waals surface area contributed by atoms with E-state index in [1.54, 1.807) is 82.4 Å². The van der Waals surface area contributed by atoms with E-state index in [0.29, 0.717) is 52.7 Å². The van der Waals surface area contributed by atoms with Crippen LogP contribution in [0.4, 0.5) is 21.2 Å². The van der Waals surface area contributed by atoms with E-state index in [1.165, 1.54) is 0 Å². The van der Waals surface area contributed by atoms with E-state index < -0.39 is 37.6 Å². The number of benzene rings is 4. The molecule has 1 fully saturated rings. The molecular weight excluding hydrogens is 690 g/mol. The second-order valence-corrected chi connectivity index (χ2v) is 18.7. The number of aliphatic hydroxyl groups is 1. The van der Waals surface area contributed by atoms with Gasteiger partial charge >= 0.3 is 0 Å². The number of amides is 3. The molecule has 0 radical (unpaired) electrons. The van der Waals surface area contributed by atoms with E-state index in [9.17, 15) is 19.5 Å². The monoisotopic (exact) mass is 731 g/mol. The van der Waals surface area contributed by atoms with Crippen molar-refractivity contribution in [2.75, 3.05) is 23.0 Å².